The Morgan fingerprint density at radius 2 is 2.12 bits per heavy atom. The summed E-state index contributed by atoms with van der Waals surface area (Å²) in [5.74, 6) is -2.72. The van der Waals surface area contributed by atoms with Crippen molar-refractivity contribution in [3.8, 4) is 5.75 Å². The van der Waals surface area contributed by atoms with Crippen molar-refractivity contribution in [2.24, 2.45) is 0 Å². The molecule has 0 aliphatic carbocycles. The molecule has 0 unspecified atom stereocenters. The molecule has 1 aromatic carbocycles. The van der Waals surface area contributed by atoms with Crippen LogP contribution in [-0.4, -0.2) is 19.2 Å². The fraction of sp³-hybridized carbons (Fsp3) is 0.300. The average Bonchev–Trinajstić information content (AvgIpc) is 2.23. The van der Waals surface area contributed by atoms with E-state index >= 15 is 0 Å². The molecule has 4 nitrogen and oxygen atoms in total. The Bertz CT molecular complexity index is 400. The highest BCUT2D eigenvalue weighted by molar-refractivity contribution is 5.91. The first-order valence-electron chi connectivity index (χ1n) is 4.66. The molecule has 0 saturated heterocycles. The van der Waals surface area contributed by atoms with Crippen molar-refractivity contribution < 1.29 is 27.4 Å². The maximum atomic E-state index is 13.3. The molecule has 2 N–H and O–H groups in total. The molecule has 0 aromatic heterocycles. The highest BCUT2D eigenvalue weighted by Gasteiger charge is 2.18. The quantitative estimate of drug-likeness (QED) is 0.656. The van der Waals surface area contributed by atoms with Crippen molar-refractivity contribution in [3.63, 3.8) is 0 Å². The molecule has 0 aliphatic rings. The van der Waals surface area contributed by atoms with Crippen molar-refractivity contribution in [2.75, 3.05) is 12.3 Å². The number of hydrogen-bond donors (Lipinski definition) is 1. The summed E-state index contributed by atoms with van der Waals surface area (Å²) in [6.07, 6.45) is 0. The lowest BCUT2D eigenvalue weighted by Crippen LogP contribution is -2.10. The van der Waals surface area contributed by atoms with Crippen LogP contribution in [0.25, 0.3) is 0 Å². The summed E-state index contributed by atoms with van der Waals surface area (Å²) in [4.78, 5) is 11.2. The van der Waals surface area contributed by atoms with Crippen LogP contribution in [0.5, 0.6) is 5.75 Å². The number of rotatable bonds is 4. The second kappa shape index (κ2) is 5.42. The maximum Gasteiger partial charge on any atom is 0.387 e. The van der Waals surface area contributed by atoms with Crippen molar-refractivity contribution in [1.29, 1.82) is 0 Å². The summed E-state index contributed by atoms with van der Waals surface area (Å²) < 4.78 is 45.7. The Kier molecular flexibility index (Phi) is 4.19. The molecule has 0 amide bonds. The van der Waals surface area contributed by atoms with Crippen molar-refractivity contribution in [2.45, 2.75) is 13.5 Å². The largest absolute Gasteiger partial charge is 0.462 e. The van der Waals surface area contributed by atoms with E-state index in [-0.39, 0.29) is 12.2 Å². The van der Waals surface area contributed by atoms with E-state index in [9.17, 15) is 18.0 Å². The van der Waals surface area contributed by atoms with E-state index in [2.05, 4.69) is 9.47 Å². The molecule has 17 heavy (non-hydrogen) atoms. The van der Waals surface area contributed by atoms with Crippen LogP contribution in [0.15, 0.2) is 12.1 Å². The lowest BCUT2D eigenvalue weighted by molar-refractivity contribution is -0.0516. The van der Waals surface area contributed by atoms with E-state index in [0.717, 1.165) is 12.1 Å². The van der Waals surface area contributed by atoms with Crippen LogP contribution in [0.4, 0.5) is 18.9 Å². The highest BCUT2D eigenvalue weighted by Crippen LogP contribution is 2.28. The number of nitrogen functional groups attached to an aromatic ring is 1. The third kappa shape index (κ3) is 3.27. The number of benzene rings is 1. The molecule has 1 rings (SSSR count). The lowest BCUT2D eigenvalue weighted by atomic mass is 10.2. The van der Waals surface area contributed by atoms with Crippen LogP contribution in [-0.2, 0) is 4.74 Å². The number of nitrogens with two attached hydrogens (primary N) is 1. The van der Waals surface area contributed by atoms with Crippen LogP contribution in [0.1, 0.15) is 17.3 Å². The van der Waals surface area contributed by atoms with E-state index in [0.29, 0.717) is 0 Å². The third-order valence-electron chi connectivity index (χ3n) is 1.79. The molecule has 0 heterocycles. The van der Waals surface area contributed by atoms with Gasteiger partial charge in [-0.05, 0) is 19.1 Å². The summed E-state index contributed by atoms with van der Waals surface area (Å²) >= 11 is 0. The molecule has 1 aromatic rings. The summed E-state index contributed by atoms with van der Waals surface area (Å²) in [6.45, 7) is -1.51. The van der Waals surface area contributed by atoms with E-state index in [1.165, 1.54) is 0 Å². The van der Waals surface area contributed by atoms with Crippen LogP contribution >= 0.6 is 0 Å². The van der Waals surface area contributed by atoms with Gasteiger partial charge < -0.3 is 15.2 Å². The minimum absolute atomic E-state index is 0.107. The topological polar surface area (TPSA) is 61.5 Å². The number of hydrogen-bond acceptors (Lipinski definition) is 4. The molecule has 0 spiro atoms. The lowest BCUT2D eigenvalue weighted by Gasteiger charge is -2.10. The Morgan fingerprint density at radius 3 is 2.59 bits per heavy atom. The number of esters is 1. The number of anilines is 1. The Morgan fingerprint density at radius 1 is 1.47 bits per heavy atom. The molecule has 0 atom stereocenters. The van der Waals surface area contributed by atoms with Crippen molar-refractivity contribution >= 4 is 11.7 Å². The van der Waals surface area contributed by atoms with Gasteiger partial charge in [0, 0.05) is 0 Å². The predicted octanol–water partition coefficient (Wildman–Crippen LogP) is 2.19. The monoisotopic (exact) mass is 249 g/mol. The molecule has 7 heteroatoms. The Balaban J connectivity index is 3.04. The molecule has 0 aliphatic heterocycles. The summed E-state index contributed by atoms with van der Waals surface area (Å²) in [6, 6.07) is 1.74. The second-order valence-corrected chi connectivity index (χ2v) is 2.98. The van der Waals surface area contributed by atoms with E-state index in [1.807, 2.05) is 0 Å². The normalized spacial score (nSPS) is 10.4. The average molecular weight is 249 g/mol. The fourth-order valence-electron chi connectivity index (χ4n) is 1.16. The van der Waals surface area contributed by atoms with E-state index in [4.69, 9.17) is 5.73 Å². The standard InChI is InChI=1S/C10H10F3NO3/c1-2-16-9(15)5-3-6(11)8(7(14)4-5)17-10(12)13/h3-4,10H,2,14H2,1H3. The number of alkyl halides is 2. The molecular weight excluding hydrogens is 239 g/mol. The van der Waals surface area contributed by atoms with Crippen LogP contribution in [0, 0.1) is 5.82 Å². The Labute approximate surface area is 95.1 Å². The first kappa shape index (κ1) is 13.1. The van der Waals surface area contributed by atoms with Gasteiger partial charge in [0.25, 0.3) is 0 Å². The SMILES string of the molecule is CCOC(=O)c1cc(N)c(OC(F)F)c(F)c1. The van der Waals surface area contributed by atoms with E-state index in [1.54, 1.807) is 6.92 Å². The molecule has 0 fully saturated rings. The third-order valence-corrected chi connectivity index (χ3v) is 1.79. The maximum absolute atomic E-state index is 13.3. The zero-order chi connectivity index (χ0) is 13.0. The van der Waals surface area contributed by atoms with Gasteiger partial charge in [-0.25, -0.2) is 9.18 Å². The van der Waals surface area contributed by atoms with Gasteiger partial charge in [0.05, 0.1) is 17.9 Å². The van der Waals surface area contributed by atoms with Crippen molar-refractivity contribution in [1.82, 2.24) is 0 Å². The van der Waals surface area contributed by atoms with Crippen molar-refractivity contribution in [3.05, 3.63) is 23.5 Å². The summed E-state index contributed by atoms with van der Waals surface area (Å²) in [5, 5.41) is 0. The highest BCUT2D eigenvalue weighted by atomic mass is 19.3. The predicted molar refractivity (Wildman–Crippen MR) is 53.4 cm³/mol. The summed E-state index contributed by atoms with van der Waals surface area (Å²) in [7, 11) is 0. The van der Waals surface area contributed by atoms with Gasteiger partial charge in [-0.3, -0.25) is 0 Å². The first-order chi connectivity index (χ1) is 7.95. The smallest absolute Gasteiger partial charge is 0.387 e. The van der Waals surface area contributed by atoms with Crippen LogP contribution in [0.2, 0.25) is 0 Å². The zero-order valence-corrected chi connectivity index (χ0v) is 8.88. The fourth-order valence-corrected chi connectivity index (χ4v) is 1.16. The number of ether oxygens (including phenoxy) is 2. The van der Waals surface area contributed by atoms with Gasteiger partial charge in [-0.1, -0.05) is 0 Å². The number of carbonyl (C=O) groups is 1. The van der Waals surface area contributed by atoms with Crippen LogP contribution in [0.3, 0.4) is 0 Å². The van der Waals surface area contributed by atoms with Crippen LogP contribution < -0.4 is 10.5 Å². The molecular formula is C10H10F3NO3. The molecule has 0 radical (unpaired) electrons. The molecule has 0 bridgehead atoms. The van der Waals surface area contributed by atoms with E-state index < -0.39 is 29.8 Å². The van der Waals surface area contributed by atoms with Gasteiger partial charge in [0.1, 0.15) is 0 Å². The molecule has 0 saturated carbocycles. The van der Waals surface area contributed by atoms with Gasteiger partial charge in [-0.15, -0.1) is 0 Å². The van der Waals surface area contributed by atoms with Gasteiger partial charge >= 0.3 is 12.6 Å². The number of halogens is 3. The number of carbonyl (C=O) groups excluding carboxylic acids is 1. The van der Waals surface area contributed by atoms with Gasteiger partial charge in [0.2, 0.25) is 0 Å². The molecule has 94 valence electrons. The Hall–Kier alpha value is -1.92. The minimum atomic E-state index is -3.19. The first-order valence-corrected chi connectivity index (χ1v) is 4.66. The van der Waals surface area contributed by atoms with Gasteiger partial charge in [0.15, 0.2) is 11.6 Å². The zero-order valence-electron chi connectivity index (χ0n) is 8.88. The summed E-state index contributed by atoms with van der Waals surface area (Å²) in [5.41, 5.74) is 4.74. The van der Waals surface area contributed by atoms with Gasteiger partial charge in [-0.2, -0.15) is 8.78 Å². The second-order valence-electron chi connectivity index (χ2n) is 2.98. The minimum Gasteiger partial charge on any atom is -0.462 e.